The first-order chi connectivity index (χ1) is 11.6. The summed E-state index contributed by atoms with van der Waals surface area (Å²) in [7, 11) is 1.66. The number of nitro benzene ring substituents is 1. The lowest BCUT2D eigenvalue weighted by Gasteiger charge is -2.28. The van der Waals surface area contributed by atoms with Crippen LogP contribution in [-0.2, 0) is 4.74 Å². The molecule has 0 saturated heterocycles. The largest absolute Gasteiger partial charge is 0.483 e. The first kappa shape index (κ1) is 19.0. The van der Waals surface area contributed by atoms with E-state index in [-0.39, 0.29) is 23.6 Å². The summed E-state index contributed by atoms with van der Waals surface area (Å²) in [6.45, 7) is 5.38. The van der Waals surface area contributed by atoms with E-state index in [1.165, 1.54) is 4.90 Å². The van der Waals surface area contributed by atoms with Crippen LogP contribution in [0.15, 0.2) is 18.2 Å². The van der Waals surface area contributed by atoms with E-state index >= 15 is 0 Å². The molecular formula is C17H23FN2O5. The summed E-state index contributed by atoms with van der Waals surface area (Å²) in [6, 6.07) is 3.04. The molecule has 2 rings (SSSR count). The van der Waals surface area contributed by atoms with Gasteiger partial charge in [-0.1, -0.05) is 0 Å². The summed E-state index contributed by atoms with van der Waals surface area (Å²) in [4.78, 5) is 24.1. The van der Waals surface area contributed by atoms with Crippen LogP contribution < -0.4 is 4.74 Å². The second kappa shape index (κ2) is 7.25. The normalized spacial score (nSPS) is 20.2. The van der Waals surface area contributed by atoms with Crippen molar-refractivity contribution in [2.45, 2.75) is 57.8 Å². The number of amides is 1. The van der Waals surface area contributed by atoms with Gasteiger partial charge in [0.15, 0.2) is 5.75 Å². The van der Waals surface area contributed by atoms with Crippen LogP contribution in [0.2, 0.25) is 0 Å². The van der Waals surface area contributed by atoms with Crippen LogP contribution in [0.3, 0.4) is 0 Å². The summed E-state index contributed by atoms with van der Waals surface area (Å²) < 4.78 is 24.4. The maximum atomic E-state index is 13.4. The Morgan fingerprint density at radius 3 is 2.64 bits per heavy atom. The van der Waals surface area contributed by atoms with Gasteiger partial charge in [-0.3, -0.25) is 10.1 Å². The Labute approximate surface area is 145 Å². The molecular weight excluding hydrogens is 331 g/mol. The van der Waals surface area contributed by atoms with Gasteiger partial charge >= 0.3 is 11.8 Å². The van der Waals surface area contributed by atoms with Crippen LogP contribution in [0.5, 0.6) is 5.75 Å². The Kier molecular flexibility index (Phi) is 5.49. The fraction of sp³-hybridized carbons (Fsp3) is 0.588. The molecule has 0 heterocycles. The molecule has 1 unspecified atom stereocenters. The van der Waals surface area contributed by atoms with Crippen LogP contribution in [0, 0.1) is 15.9 Å². The number of carbonyl (C=O) groups is 1. The van der Waals surface area contributed by atoms with Crippen molar-refractivity contribution >= 4 is 11.8 Å². The minimum Gasteiger partial charge on any atom is -0.483 e. The van der Waals surface area contributed by atoms with E-state index in [9.17, 15) is 19.3 Å². The molecule has 1 aromatic rings. The predicted molar refractivity (Wildman–Crippen MR) is 89.1 cm³/mol. The quantitative estimate of drug-likeness (QED) is 0.605. The number of halogens is 1. The Balaban J connectivity index is 2.01. The second-order valence-electron chi connectivity index (χ2n) is 7.17. The average Bonchev–Trinajstić information content (AvgIpc) is 2.92. The van der Waals surface area contributed by atoms with E-state index in [0.717, 1.165) is 18.2 Å². The third-order valence-corrected chi connectivity index (χ3v) is 4.00. The molecule has 8 heteroatoms. The van der Waals surface area contributed by atoms with Gasteiger partial charge in [-0.05, 0) is 39.7 Å². The number of rotatable bonds is 4. The van der Waals surface area contributed by atoms with Gasteiger partial charge in [-0.25, -0.2) is 9.18 Å². The lowest BCUT2D eigenvalue weighted by molar-refractivity contribution is -0.386. The van der Waals surface area contributed by atoms with E-state index < -0.39 is 22.4 Å². The van der Waals surface area contributed by atoms with Crippen molar-refractivity contribution in [2.24, 2.45) is 0 Å². The Morgan fingerprint density at radius 2 is 2.04 bits per heavy atom. The van der Waals surface area contributed by atoms with Gasteiger partial charge in [0, 0.05) is 31.6 Å². The molecule has 0 aliphatic heterocycles. The fourth-order valence-corrected chi connectivity index (χ4v) is 2.77. The number of nitrogens with zero attached hydrogens (tertiary/aromatic N) is 2. The third-order valence-electron chi connectivity index (χ3n) is 4.00. The summed E-state index contributed by atoms with van der Waals surface area (Å²) in [5, 5.41) is 11.0. The van der Waals surface area contributed by atoms with Gasteiger partial charge in [-0.2, -0.15) is 0 Å². The molecule has 7 nitrogen and oxygen atoms in total. The van der Waals surface area contributed by atoms with E-state index in [1.807, 2.05) is 0 Å². The highest BCUT2D eigenvalue weighted by atomic mass is 19.1. The van der Waals surface area contributed by atoms with Crippen LogP contribution in [0.25, 0.3) is 0 Å². The molecule has 1 aliphatic carbocycles. The molecule has 1 fully saturated rings. The van der Waals surface area contributed by atoms with Crippen molar-refractivity contribution in [1.82, 2.24) is 4.90 Å². The minimum absolute atomic E-state index is 0.0874. The Hall–Kier alpha value is -2.38. The number of ether oxygens (including phenoxy) is 2. The van der Waals surface area contributed by atoms with Gasteiger partial charge in [0.25, 0.3) is 0 Å². The minimum atomic E-state index is -0.603. The summed E-state index contributed by atoms with van der Waals surface area (Å²) in [5.74, 6) is -0.684. The SMILES string of the molecule is CN(C(=O)OC(C)(C)C)C1CC[C@H](Oc2cc(F)ccc2[N+](=O)[O-])C1. The Bertz CT molecular complexity index is 659. The molecule has 1 amide bonds. The first-order valence-electron chi connectivity index (χ1n) is 8.13. The van der Waals surface area contributed by atoms with Gasteiger partial charge in [0.05, 0.1) is 4.92 Å². The zero-order valence-electron chi connectivity index (χ0n) is 14.8. The topological polar surface area (TPSA) is 81.9 Å². The molecule has 25 heavy (non-hydrogen) atoms. The smallest absolute Gasteiger partial charge is 0.410 e. The maximum Gasteiger partial charge on any atom is 0.410 e. The molecule has 0 N–H and O–H groups in total. The van der Waals surface area contributed by atoms with Crippen molar-refractivity contribution < 1.29 is 23.6 Å². The summed E-state index contributed by atoms with van der Waals surface area (Å²) in [6.07, 6.45) is 1.06. The van der Waals surface area contributed by atoms with Gasteiger partial charge in [0.1, 0.15) is 17.5 Å². The standard InChI is InChI=1S/C17H23FN2O5/c1-17(2,3)25-16(21)19(4)12-6-7-13(10-12)24-15-9-11(18)5-8-14(15)20(22)23/h5,8-9,12-13H,6-7,10H2,1-4H3/t12?,13-/m0/s1. The van der Waals surface area contributed by atoms with Gasteiger partial charge in [0.2, 0.25) is 0 Å². The zero-order valence-corrected chi connectivity index (χ0v) is 14.8. The lowest BCUT2D eigenvalue weighted by Crippen LogP contribution is -2.40. The van der Waals surface area contributed by atoms with Crippen LogP contribution in [0.1, 0.15) is 40.0 Å². The van der Waals surface area contributed by atoms with Crippen LogP contribution >= 0.6 is 0 Å². The highest BCUT2D eigenvalue weighted by molar-refractivity contribution is 5.68. The highest BCUT2D eigenvalue weighted by Crippen LogP contribution is 2.33. The Morgan fingerprint density at radius 1 is 1.36 bits per heavy atom. The van der Waals surface area contributed by atoms with Crippen molar-refractivity contribution in [1.29, 1.82) is 0 Å². The van der Waals surface area contributed by atoms with Crippen molar-refractivity contribution in [3.8, 4) is 5.75 Å². The van der Waals surface area contributed by atoms with Crippen molar-refractivity contribution in [2.75, 3.05) is 7.05 Å². The molecule has 2 atom stereocenters. The average molecular weight is 354 g/mol. The van der Waals surface area contributed by atoms with Crippen LogP contribution in [-0.4, -0.2) is 40.7 Å². The second-order valence-corrected chi connectivity index (χ2v) is 7.17. The number of hydrogen-bond donors (Lipinski definition) is 0. The molecule has 138 valence electrons. The number of carbonyl (C=O) groups excluding carboxylic acids is 1. The molecule has 1 aliphatic rings. The van der Waals surface area contributed by atoms with E-state index in [2.05, 4.69) is 0 Å². The number of benzene rings is 1. The van der Waals surface area contributed by atoms with Gasteiger partial charge in [-0.15, -0.1) is 0 Å². The molecule has 0 aromatic heterocycles. The van der Waals surface area contributed by atoms with Crippen molar-refractivity contribution in [3.05, 3.63) is 34.1 Å². The lowest BCUT2D eigenvalue weighted by atomic mass is 10.2. The summed E-state index contributed by atoms with van der Waals surface area (Å²) >= 11 is 0. The zero-order chi connectivity index (χ0) is 18.8. The maximum absolute atomic E-state index is 13.4. The van der Waals surface area contributed by atoms with Crippen molar-refractivity contribution in [3.63, 3.8) is 0 Å². The predicted octanol–water partition coefficient (Wildman–Crippen LogP) is 3.90. The van der Waals surface area contributed by atoms with E-state index in [0.29, 0.717) is 19.3 Å². The van der Waals surface area contributed by atoms with Crippen LogP contribution in [0.4, 0.5) is 14.9 Å². The highest BCUT2D eigenvalue weighted by Gasteiger charge is 2.34. The van der Waals surface area contributed by atoms with Gasteiger partial charge < -0.3 is 14.4 Å². The fourth-order valence-electron chi connectivity index (χ4n) is 2.77. The number of nitro groups is 1. The summed E-state index contributed by atoms with van der Waals surface area (Å²) in [5.41, 5.74) is -0.854. The molecule has 1 saturated carbocycles. The third kappa shape index (κ3) is 5.04. The molecule has 0 radical (unpaired) electrons. The monoisotopic (exact) mass is 354 g/mol. The van der Waals surface area contributed by atoms with E-state index in [1.54, 1.807) is 27.8 Å². The number of hydrogen-bond acceptors (Lipinski definition) is 5. The molecule has 0 spiro atoms. The first-order valence-corrected chi connectivity index (χ1v) is 8.13. The van der Waals surface area contributed by atoms with E-state index in [4.69, 9.17) is 9.47 Å². The molecule has 0 bridgehead atoms. The molecule has 1 aromatic carbocycles.